The maximum atomic E-state index is 11.2. The van der Waals surface area contributed by atoms with Crippen LogP contribution in [-0.2, 0) is 0 Å². The summed E-state index contributed by atoms with van der Waals surface area (Å²) in [7, 11) is 0. The predicted molar refractivity (Wildman–Crippen MR) is 192 cm³/mol. The van der Waals surface area contributed by atoms with Gasteiger partial charge in [-0.15, -0.1) is 0 Å². The van der Waals surface area contributed by atoms with Crippen molar-refractivity contribution in [3.8, 4) is 34.6 Å². The molecule has 8 aromatic rings. The number of para-hydroxylation sites is 2. The van der Waals surface area contributed by atoms with Crippen LogP contribution in [0.1, 0.15) is 11.1 Å². The number of nitrogens with zero attached hydrogens (tertiary/aromatic N) is 6. The Bertz CT molecular complexity index is 2630. The summed E-state index contributed by atoms with van der Waals surface area (Å²) in [6.07, 6.45) is 8.20. The van der Waals surface area contributed by atoms with Gasteiger partial charge in [0, 0.05) is 62.7 Å². The molecular weight excluding hydrogens is 594 g/mol. The van der Waals surface area contributed by atoms with Gasteiger partial charge in [0.1, 0.15) is 12.1 Å². The summed E-state index contributed by atoms with van der Waals surface area (Å²) in [5, 5.41) is 36.6. The fraction of sp³-hybridized carbons (Fsp3) is 0. The number of allylic oxidation sites excluding steroid dienone is 1. The number of fused-ring (bicyclic) bond motifs is 6. The third-order valence-electron chi connectivity index (χ3n) is 8.78. The number of nitrogens with one attached hydrogen (secondary N) is 2. The van der Waals surface area contributed by atoms with Crippen LogP contribution in [0.2, 0.25) is 0 Å². The zero-order valence-corrected chi connectivity index (χ0v) is 25.4. The van der Waals surface area contributed by atoms with E-state index in [1.54, 1.807) is 36.9 Å². The monoisotopic (exact) mass is 619 g/mol. The van der Waals surface area contributed by atoms with Gasteiger partial charge < -0.3 is 25.6 Å². The summed E-state index contributed by atoms with van der Waals surface area (Å²) in [6, 6.07) is 32.2. The maximum Gasteiger partial charge on any atom is 0.102 e. The second kappa shape index (κ2) is 11.0. The molecule has 0 saturated heterocycles. The largest absolute Gasteiger partial charge is 0.398 e. The summed E-state index contributed by atoms with van der Waals surface area (Å²) in [5.74, 6) is 0. The number of rotatable bonds is 6. The van der Waals surface area contributed by atoms with E-state index in [0.29, 0.717) is 45.1 Å². The van der Waals surface area contributed by atoms with Gasteiger partial charge in [0.05, 0.1) is 62.6 Å². The smallest absolute Gasteiger partial charge is 0.102 e. The Hall–Kier alpha value is -7.23. The molecule has 0 amide bonds. The summed E-state index contributed by atoms with van der Waals surface area (Å²) >= 11 is 0. The van der Waals surface area contributed by atoms with Crippen LogP contribution in [0.5, 0.6) is 0 Å². The van der Waals surface area contributed by atoms with Gasteiger partial charge >= 0.3 is 0 Å². The Morgan fingerprint density at radius 1 is 0.688 bits per heavy atom. The molecule has 9 heteroatoms. The highest BCUT2D eigenvalue weighted by atomic mass is 15.0. The fourth-order valence-corrected chi connectivity index (χ4v) is 6.79. The Balaban J connectivity index is 1.57. The normalized spacial score (nSPS) is 11.1. The molecule has 0 aliphatic heterocycles. The van der Waals surface area contributed by atoms with Crippen molar-refractivity contribution in [2.75, 3.05) is 11.1 Å². The molecule has 9 nitrogen and oxygen atoms in total. The minimum Gasteiger partial charge on any atom is -0.398 e. The molecule has 4 N–H and O–H groups in total. The lowest BCUT2D eigenvalue weighted by Gasteiger charge is -2.22. The Morgan fingerprint density at radius 2 is 1.23 bits per heavy atom. The molecule has 0 saturated carbocycles. The molecule has 226 valence electrons. The predicted octanol–water partition coefficient (Wildman–Crippen LogP) is 8.24. The maximum absolute atomic E-state index is 11.2. The zero-order chi connectivity index (χ0) is 32.9. The van der Waals surface area contributed by atoms with Crippen molar-refractivity contribution in [3.05, 3.63) is 133 Å². The molecule has 0 atom stereocenters. The minimum atomic E-state index is 0.218. The SMILES string of the molecule is C=C(C=N)Nc1ccc(N)c(-c2c(-n3c4ccccc4c4ccncc43)ccc(-n3c4ccccc4c4ccncc43)c2C#N)c1C#N. The third kappa shape index (κ3) is 4.06. The molecule has 4 heterocycles. The van der Waals surface area contributed by atoms with Crippen LogP contribution in [0.4, 0.5) is 11.4 Å². The quantitative estimate of drug-likeness (QED) is 0.126. The van der Waals surface area contributed by atoms with Crippen LogP contribution in [-0.4, -0.2) is 25.3 Å². The highest BCUT2D eigenvalue weighted by Crippen LogP contribution is 2.45. The summed E-state index contributed by atoms with van der Waals surface area (Å²) in [4.78, 5) is 8.89. The first-order valence-corrected chi connectivity index (χ1v) is 15.1. The van der Waals surface area contributed by atoms with E-state index in [9.17, 15) is 10.5 Å². The van der Waals surface area contributed by atoms with E-state index in [4.69, 9.17) is 11.1 Å². The minimum absolute atomic E-state index is 0.218. The van der Waals surface area contributed by atoms with Crippen molar-refractivity contribution in [2.45, 2.75) is 0 Å². The Kier molecular flexibility index (Phi) is 6.47. The summed E-state index contributed by atoms with van der Waals surface area (Å²) in [6.45, 7) is 3.87. The third-order valence-corrected chi connectivity index (χ3v) is 8.78. The number of anilines is 2. The van der Waals surface area contributed by atoms with Crippen LogP contribution < -0.4 is 11.1 Å². The molecule has 0 fully saturated rings. The second-order valence-corrected chi connectivity index (χ2v) is 11.3. The van der Waals surface area contributed by atoms with E-state index in [1.165, 1.54) is 0 Å². The first-order chi connectivity index (χ1) is 23.5. The number of hydrogen-bond acceptors (Lipinski definition) is 7. The number of nitrogens with two attached hydrogens (primary N) is 1. The van der Waals surface area contributed by atoms with Gasteiger partial charge in [-0.1, -0.05) is 43.0 Å². The van der Waals surface area contributed by atoms with Crippen LogP contribution in [0.25, 0.3) is 66.1 Å². The molecule has 0 bridgehead atoms. The van der Waals surface area contributed by atoms with Gasteiger partial charge in [-0.2, -0.15) is 10.5 Å². The number of nitriles is 2. The van der Waals surface area contributed by atoms with Crippen molar-refractivity contribution in [3.63, 3.8) is 0 Å². The van der Waals surface area contributed by atoms with Crippen molar-refractivity contribution in [2.24, 2.45) is 0 Å². The standard InChI is InChI=1S/C39H25N9/c1-23(18-40)46-31-11-10-30(43)38(28(31)19-41)39-29(20-42)34(47-32-8-4-2-6-24(32)26-14-16-44-21-36(26)47)12-13-35(39)48-33-9-5-3-7-25(33)27-15-17-45-22-37(27)48/h2-18,21-22,40,46H,1,43H2. The molecule has 0 spiro atoms. The van der Waals surface area contributed by atoms with E-state index >= 15 is 0 Å². The molecule has 0 unspecified atom stereocenters. The van der Waals surface area contributed by atoms with E-state index in [0.717, 1.165) is 49.8 Å². The summed E-state index contributed by atoms with van der Waals surface area (Å²) < 4.78 is 4.11. The molecule has 48 heavy (non-hydrogen) atoms. The van der Waals surface area contributed by atoms with Crippen LogP contribution in [0.3, 0.4) is 0 Å². The molecule has 0 radical (unpaired) electrons. The zero-order valence-electron chi connectivity index (χ0n) is 25.4. The van der Waals surface area contributed by atoms with Gasteiger partial charge in [0.2, 0.25) is 0 Å². The fourth-order valence-electron chi connectivity index (χ4n) is 6.79. The average molecular weight is 620 g/mol. The highest BCUT2D eigenvalue weighted by Gasteiger charge is 2.27. The summed E-state index contributed by atoms with van der Waals surface area (Å²) in [5.41, 5.74) is 14.0. The van der Waals surface area contributed by atoms with Crippen molar-refractivity contribution < 1.29 is 0 Å². The second-order valence-electron chi connectivity index (χ2n) is 11.3. The first-order valence-electron chi connectivity index (χ1n) is 15.1. The lowest BCUT2D eigenvalue weighted by Crippen LogP contribution is -2.09. The van der Waals surface area contributed by atoms with E-state index in [-0.39, 0.29) is 5.56 Å². The van der Waals surface area contributed by atoms with Gasteiger partial charge in [-0.25, -0.2) is 0 Å². The van der Waals surface area contributed by atoms with Gasteiger partial charge in [-0.3, -0.25) is 9.97 Å². The molecule has 4 aromatic heterocycles. The van der Waals surface area contributed by atoms with Crippen molar-refractivity contribution in [1.29, 1.82) is 15.9 Å². The van der Waals surface area contributed by atoms with Gasteiger partial charge in [-0.05, 0) is 48.5 Å². The van der Waals surface area contributed by atoms with E-state index in [1.807, 2.05) is 65.2 Å². The Labute approximate surface area is 274 Å². The molecular formula is C39H25N9. The molecule has 0 aliphatic rings. The van der Waals surface area contributed by atoms with Crippen molar-refractivity contribution in [1.82, 2.24) is 19.1 Å². The van der Waals surface area contributed by atoms with Crippen LogP contribution in [0.15, 0.2) is 122 Å². The van der Waals surface area contributed by atoms with Crippen molar-refractivity contribution >= 4 is 61.2 Å². The van der Waals surface area contributed by atoms with Crippen LogP contribution >= 0.6 is 0 Å². The van der Waals surface area contributed by atoms with E-state index in [2.05, 4.69) is 50.7 Å². The molecule has 8 rings (SSSR count). The first kappa shape index (κ1) is 28.3. The highest BCUT2D eigenvalue weighted by molar-refractivity contribution is 6.11. The number of benzene rings is 4. The molecule has 4 aromatic carbocycles. The number of aromatic nitrogens is 4. The average Bonchev–Trinajstić information content (AvgIpc) is 3.64. The van der Waals surface area contributed by atoms with Gasteiger partial charge in [0.15, 0.2) is 0 Å². The van der Waals surface area contributed by atoms with E-state index < -0.39 is 0 Å². The number of nitrogen functional groups attached to an aromatic ring is 1. The lowest BCUT2D eigenvalue weighted by molar-refractivity contribution is 1.13. The number of pyridine rings is 2. The Morgan fingerprint density at radius 3 is 1.81 bits per heavy atom. The number of hydrogen-bond donors (Lipinski definition) is 3. The van der Waals surface area contributed by atoms with Crippen LogP contribution in [0, 0.1) is 28.1 Å². The topological polar surface area (TPSA) is 145 Å². The van der Waals surface area contributed by atoms with Gasteiger partial charge in [0.25, 0.3) is 0 Å². The molecule has 0 aliphatic carbocycles. The lowest BCUT2D eigenvalue weighted by atomic mass is 9.90.